The Morgan fingerprint density at radius 1 is 1.27 bits per heavy atom. The van der Waals surface area contributed by atoms with E-state index in [0.717, 1.165) is 18.4 Å². The minimum Gasteiger partial charge on any atom is -0.374 e. The summed E-state index contributed by atoms with van der Waals surface area (Å²) < 4.78 is 6.07. The summed E-state index contributed by atoms with van der Waals surface area (Å²) in [7, 11) is 0. The molecular formula is C12H21NOS. The summed E-state index contributed by atoms with van der Waals surface area (Å²) in [5.74, 6) is 4.45. The largest absolute Gasteiger partial charge is 0.374 e. The maximum absolute atomic E-state index is 6.07. The van der Waals surface area contributed by atoms with Gasteiger partial charge in [-0.25, -0.2) is 0 Å². The zero-order valence-corrected chi connectivity index (χ0v) is 10.2. The van der Waals surface area contributed by atoms with E-state index in [-0.39, 0.29) is 5.60 Å². The van der Waals surface area contributed by atoms with E-state index in [0.29, 0.717) is 0 Å². The number of nitrogens with one attached hydrogen (secondary N) is 1. The topological polar surface area (TPSA) is 21.3 Å². The normalized spacial score (nSPS) is 46.4. The van der Waals surface area contributed by atoms with Crippen LogP contribution in [0.3, 0.4) is 0 Å². The molecular weight excluding hydrogens is 206 g/mol. The van der Waals surface area contributed by atoms with E-state index >= 15 is 0 Å². The summed E-state index contributed by atoms with van der Waals surface area (Å²) in [6.07, 6.45) is 5.34. The van der Waals surface area contributed by atoms with Crippen molar-refractivity contribution in [2.24, 2.45) is 11.8 Å². The molecule has 3 rings (SSSR count). The lowest BCUT2D eigenvalue weighted by molar-refractivity contribution is -0.0877. The summed E-state index contributed by atoms with van der Waals surface area (Å²) in [4.78, 5) is 0. The van der Waals surface area contributed by atoms with Crippen LogP contribution in [0.4, 0.5) is 0 Å². The van der Waals surface area contributed by atoms with Crippen molar-refractivity contribution in [3.05, 3.63) is 0 Å². The molecule has 3 aliphatic rings. The van der Waals surface area contributed by atoms with Crippen molar-refractivity contribution in [2.45, 2.75) is 31.3 Å². The van der Waals surface area contributed by atoms with Gasteiger partial charge in [0.2, 0.25) is 0 Å². The Kier molecular flexibility index (Phi) is 2.97. The Balaban J connectivity index is 1.65. The van der Waals surface area contributed by atoms with Gasteiger partial charge in [-0.2, -0.15) is 11.8 Å². The van der Waals surface area contributed by atoms with Crippen molar-refractivity contribution in [2.75, 3.05) is 31.2 Å². The molecule has 0 amide bonds. The van der Waals surface area contributed by atoms with E-state index in [2.05, 4.69) is 17.1 Å². The number of hydrogen-bond acceptors (Lipinski definition) is 3. The summed E-state index contributed by atoms with van der Waals surface area (Å²) in [6.45, 7) is 3.51. The van der Waals surface area contributed by atoms with Gasteiger partial charge in [0.05, 0.1) is 5.60 Å². The van der Waals surface area contributed by atoms with Crippen molar-refractivity contribution in [1.29, 1.82) is 0 Å². The number of hydrogen-bond donors (Lipinski definition) is 1. The standard InChI is InChI=1S/C12H21NOS/c1-4-13-8-11(1)10-2-5-14-12(7-10)3-6-15-9-12/h10-11,13H,1-9H2. The van der Waals surface area contributed by atoms with Crippen molar-refractivity contribution in [3.63, 3.8) is 0 Å². The molecule has 0 bridgehead atoms. The third kappa shape index (κ3) is 2.06. The average molecular weight is 227 g/mol. The highest BCUT2D eigenvalue weighted by atomic mass is 32.2. The number of thioether (sulfide) groups is 1. The molecule has 2 nitrogen and oxygen atoms in total. The van der Waals surface area contributed by atoms with E-state index in [1.165, 1.54) is 50.3 Å². The van der Waals surface area contributed by atoms with Crippen LogP contribution in [-0.4, -0.2) is 36.8 Å². The van der Waals surface area contributed by atoms with Crippen LogP contribution in [0.1, 0.15) is 25.7 Å². The monoisotopic (exact) mass is 227 g/mol. The van der Waals surface area contributed by atoms with E-state index in [1.807, 2.05) is 0 Å². The highest BCUT2D eigenvalue weighted by molar-refractivity contribution is 7.99. The van der Waals surface area contributed by atoms with Gasteiger partial charge in [-0.15, -0.1) is 0 Å². The van der Waals surface area contributed by atoms with Gasteiger partial charge in [0.25, 0.3) is 0 Å². The number of ether oxygens (including phenoxy) is 1. The van der Waals surface area contributed by atoms with Gasteiger partial charge in [-0.1, -0.05) is 0 Å². The first-order chi connectivity index (χ1) is 7.38. The fourth-order valence-electron chi connectivity index (χ4n) is 3.41. The van der Waals surface area contributed by atoms with Gasteiger partial charge in [0.15, 0.2) is 0 Å². The van der Waals surface area contributed by atoms with E-state index < -0.39 is 0 Å². The first-order valence-electron chi connectivity index (χ1n) is 6.30. The molecule has 3 atom stereocenters. The molecule has 86 valence electrons. The SMILES string of the molecule is C1CC(C2CCOC3(CCSC3)C2)CN1. The molecule has 3 saturated heterocycles. The van der Waals surface area contributed by atoms with Crippen LogP contribution < -0.4 is 5.32 Å². The predicted octanol–water partition coefficient (Wildman–Crippen LogP) is 1.90. The van der Waals surface area contributed by atoms with Crippen molar-refractivity contribution in [3.8, 4) is 0 Å². The maximum atomic E-state index is 6.07. The molecule has 15 heavy (non-hydrogen) atoms. The quantitative estimate of drug-likeness (QED) is 0.739. The summed E-state index contributed by atoms with van der Waals surface area (Å²) in [5, 5.41) is 3.50. The average Bonchev–Trinajstić information content (AvgIpc) is 2.89. The lowest BCUT2D eigenvalue weighted by atomic mass is 9.78. The highest BCUT2D eigenvalue weighted by Gasteiger charge is 2.42. The predicted molar refractivity (Wildman–Crippen MR) is 64.3 cm³/mol. The summed E-state index contributed by atoms with van der Waals surface area (Å²) in [5.41, 5.74) is 0.288. The second-order valence-corrected chi connectivity index (χ2v) is 6.44. The molecule has 3 heteroatoms. The van der Waals surface area contributed by atoms with Crippen molar-refractivity contribution < 1.29 is 4.74 Å². The maximum Gasteiger partial charge on any atom is 0.0783 e. The summed E-state index contributed by atoms with van der Waals surface area (Å²) >= 11 is 2.08. The molecule has 1 spiro atoms. The molecule has 0 radical (unpaired) electrons. The molecule has 0 aliphatic carbocycles. The summed E-state index contributed by atoms with van der Waals surface area (Å²) in [6, 6.07) is 0. The van der Waals surface area contributed by atoms with E-state index in [4.69, 9.17) is 4.74 Å². The van der Waals surface area contributed by atoms with Gasteiger partial charge in [-0.05, 0) is 56.4 Å². The van der Waals surface area contributed by atoms with Crippen LogP contribution >= 0.6 is 11.8 Å². The minimum atomic E-state index is 0.288. The molecule has 1 N–H and O–H groups in total. The second-order valence-electron chi connectivity index (χ2n) is 5.34. The molecule has 0 aromatic carbocycles. The van der Waals surface area contributed by atoms with Crippen LogP contribution in [0.5, 0.6) is 0 Å². The van der Waals surface area contributed by atoms with E-state index in [1.54, 1.807) is 0 Å². The first kappa shape index (κ1) is 10.4. The zero-order valence-electron chi connectivity index (χ0n) is 9.34. The fraction of sp³-hybridized carbons (Fsp3) is 1.00. The van der Waals surface area contributed by atoms with Crippen LogP contribution in [0.2, 0.25) is 0 Å². The third-order valence-electron chi connectivity index (χ3n) is 4.36. The van der Waals surface area contributed by atoms with Crippen LogP contribution in [0.25, 0.3) is 0 Å². The molecule has 3 unspecified atom stereocenters. The van der Waals surface area contributed by atoms with Crippen molar-refractivity contribution >= 4 is 11.8 Å². The Bertz CT molecular complexity index is 222. The van der Waals surface area contributed by atoms with Gasteiger partial charge < -0.3 is 10.1 Å². The Morgan fingerprint density at radius 3 is 3.00 bits per heavy atom. The second kappa shape index (κ2) is 4.27. The molecule has 0 saturated carbocycles. The lowest BCUT2D eigenvalue weighted by Crippen LogP contribution is -2.42. The molecule has 3 heterocycles. The molecule has 0 aromatic heterocycles. The van der Waals surface area contributed by atoms with Crippen LogP contribution in [0.15, 0.2) is 0 Å². The first-order valence-corrected chi connectivity index (χ1v) is 7.46. The van der Waals surface area contributed by atoms with Gasteiger partial charge in [0, 0.05) is 12.4 Å². The smallest absolute Gasteiger partial charge is 0.0783 e. The number of rotatable bonds is 1. The molecule has 3 aliphatic heterocycles. The van der Waals surface area contributed by atoms with Crippen molar-refractivity contribution in [1.82, 2.24) is 5.32 Å². The van der Waals surface area contributed by atoms with E-state index in [9.17, 15) is 0 Å². The molecule has 0 aromatic rings. The fourth-order valence-corrected chi connectivity index (χ4v) is 4.79. The van der Waals surface area contributed by atoms with Crippen LogP contribution in [-0.2, 0) is 4.74 Å². The van der Waals surface area contributed by atoms with Crippen LogP contribution in [0, 0.1) is 11.8 Å². The minimum absolute atomic E-state index is 0.288. The van der Waals surface area contributed by atoms with Gasteiger partial charge >= 0.3 is 0 Å². The zero-order chi connectivity index (χ0) is 10.1. The highest BCUT2D eigenvalue weighted by Crippen LogP contribution is 2.43. The Morgan fingerprint density at radius 2 is 2.27 bits per heavy atom. The van der Waals surface area contributed by atoms with Gasteiger partial charge in [-0.3, -0.25) is 0 Å². The van der Waals surface area contributed by atoms with Gasteiger partial charge in [0.1, 0.15) is 0 Å². The Hall–Kier alpha value is 0.270. The lowest BCUT2D eigenvalue weighted by Gasteiger charge is -2.40. The molecule has 3 fully saturated rings. The Labute approximate surface area is 96.5 Å². The third-order valence-corrected chi connectivity index (χ3v) is 5.59.